The molecule has 0 saturated heterocycles. The Kier molecular flexibility index (Phi) is 10.1. The van der Waals surface area contributed by atoms with E-state index in [1.807, 2.05) is 146 Å². The molecule has 316 valence electrons. The van der Waals surface area contributed by atoms with E-state index in [2.05, 4.69) is 60.0 Å². The number of aromatic nitrogens is 5. The normalized spacial score (nSPS) is 11.6. The minimum atomic E-state index is -4.77. The molecule has 0 saturated carbocycles. The maximum atomic E-state index is 15.7. The molecule has 8 aromatic carbocycles. The van der Waals surface area contributed by atoms with Gasteiger partial charge < -0.3 is 4.57 Å². The van der Waals surface area contributed by atoms with Crippen molar-refractivity contribution in [1.82, 2.24) is 24.5 Å². The molecule has 5 nitrogen and oxygen atoms in total. The standard InChI is InChI=1S/C58H38F3N5/c1-37-26-28-38(29-27-37)43-30-31-46-45-24-14-15-25-53(45)66(54(46)32-43)55-47(52-36-51(41-20-10-4-11-21-41)62-56(65-52)42-22-12-5-13-23-42)33-44(58(59,60)61)34-48(55)57-63-49(39-16-6-2-7-17-39)35-50(64-57)40-18-8-3-9-19-40/h2-36H,1H3. The van der Waals surface area contributed by atoms with Crippen LogP contribution in [-0.4, -0.2) is 24.5 Å². The van der Waals surface area contributed by atoms with Gasteiger partial charge in [-0.3, -0.25) is 0 Å². The Labute approximate surface area is 379 Å². The number of alkyl halides is 3. The summed E-state index contributed by atoms with van der Waals surface area (Å²) in [6.45, 7) is 2.05. The first-order chi connectivity index (χ1) is 32.2. The summed E-state index contributed by atoms with van der Waals surface area (Å²) in [5.41, 5.74) is 9.74. The molecule has 0 N–H and O–H groups in total. The summed E-state index contributed by atoms with van der Waals surface area (Å²) in [7, 11) is 0. The summed E-state index contributed by atoms with van der Waals surface area (Å²) in [6, 6.07) is 67.1. The fraction of sp³-hybridized carbons (Fsp3) is 0.0345. The minimum absolute atomic E-state index is 0.124. The molecule has 8 heteroatoms. The summed E-state index contributed by atoms with van der Waals surface area (Å²) in [6.07, 6.45) is -4.77. The number of nitrogens with zero attached hydrogens (tertiary/aromatic N) is 5. The lowest BCUT2D eigenvalue weighted by atomic mass is 9.96. The van der Waals surface area contributed by atoms with Crippen molar-refractivity contribution in [2.75, 3.05) is 0 Å². The molecule has 0 aliphatic carbocycles. The lowest BCUT2D eigenvalue weighted by molar-refractivity contribution is -0.137. The summed E-state index contributed by atoms with van der Waals surface area (Å²) in [5.74, 6) is 0.494. The lowest BCUT2D eigenvalue weighted by Crippen LogP contribution is -2.11. The van der Waals surface area contributed by atoms with Gasteiger partial charge in [-0.15, -0.1) is 0 Å². The van der Waals surface area contributed by atoms with Crippen LogP contribution in [0.4, 0.5) is 13.2 Å². The van der Waals surface area contributed by atoms with Crippen LogP contribution in [0.3, 0.4) is 0 Å². The van der Waals surface area contributed by atoms with Crippen molar-refractivity contribution in [2.45, 2.75) is 13.1 Å². The van der Waals surface area contributed by atoms with Crippen molar-refractivity contribution < 1.29 is 13.2 Å². The second kappa shape index (κ2) is 16.6. The molecular weight excluding hydrogens is 824 g/mol. The van der Waals surface area contributed by atoms with Gasteiger partial charge in [0.2, 0.25) is 0 Å². The summed E-state index contributed by atoms with van der Waals surface area (Å²) < 4.78 is 49.2. The van der Waals surface area contributed by atoms with Crippen LogP contribution < -0.4 is 0 Å². The zero-order chi connectivity index (χ0) is 44.8. The van der Waals surface area contributed by atoms with Gasteiger partial charge in [-0.25, -0.2) is 19.9 Å². The number of hydrogen-bond donors (Lipinski definition) is 0. The highest BCUT2D eigenvalue weighted by Crippen LogP contribution is 2.46. The van der Waals surface area contributed by atoms with Crippen LogP contribution in [0.1, 0.15) is 11.1 Å². The SMILES string of the molecule is Cc1ccc(-c2ccc3c4ccccc4n(-c4c(-c5cc(-c6ccccc6)nc(-c6ccccc6)n5)cc(C(F)(F)F)cc4-c4nc(-c5ccccc5)cc(-c5ccccc5)n4)c3c2)cc1. The van der Waals surface area contributed by atoms with E-state index < -0.39 is 11.7 Å². The molecule has 0 amide bonds. The van der Waals surface area contributed by atoms with Gasteiger partial charge in [0.05, 0.1) is 45.1 Å². The molecule has 0 radical (unpaired) electrons. The topological polar surface area (TPSA) is 56.5 Å². The van der Waals surface area contributed by atoms with Gasteiger partial charge in [-0.2, -0.15) is 13.2 Å². The van der Waals surface area contributed by atoms with Gasteiger partial charge >= 0.3 is 6.18 Å². The maximum absolute atomic E-state index is 15.7. The Hall–Kier alpha value is -8.49. The van der Waals surface area contributed by atoms with E-state index in [1.165, 1.54) is 12.1 Å². The van der Waals surface area contributed by atoms with E-state index >= 15 is 13.2 Å². The molecule has 0 fully saturated rings. The average Bonchev–Trinajstić information content (AvgIpc) is 3.70. The Morgan fingerprint density at radius 1 is 0.364 bits per heavy atom. The molecule has 0 aliphatic rings. The first kappa shape index (κ1) is 40.3. The van der Waals surface area contributed by atoms with Gasteiger partial charge in [-0.05, 0) is 54.4 Å². The van der Waals surface area contributed by atoms with E-state index in [4.69, 9.17) is 19.9 Å². The number of fused-ring (bicyclic) bond motifs is 3. The van der Waals surface area contributed by atoms with Crippen molar-refractivity contribution in [3.05, 3.63) is 223 Å². The van der Waals surface area contributed by atoms with E-state index in [-0.39, 0.29) is 17.0 Å². The molecule has 11 aromatic rings. The van der Waals surface area contributed by atoms with Gasteiger partial charge in [0.1, 0.15) is 0 Å². The summed E-state index contributed by atoms with van der Waals surface area (Å²) >= 11 is 0. The third-order valence-corrected chi connectivity index (χ3v) is 11.9. The highest BCUT2D eigenvalue weighted by atomic mass is 19.4. The van der Waals surface area contributed by atoms with E-state index in [1.54, 1.807) is 6.07 Å². The molecule has 66 heavy (non-hydrogen) atoms. The summed E-state index contributed by atoms with van der Waals surface area (Å²) in [4.78, 5) is 20.5. The first-order valence-electron chi connectivity index (χ1n) is 21.6. The fourth-order valence-electron chi connectivity index (χ4n) is 8.68. The Morgan fingerprint density at radius 2 is 0.818 bits per heavy atom. The number of para-hydroxylation sites is 1. The molecule has 0 aliphatic heterocycles. The third kappa shape index (κ3) is 7.58. The molecule has 0 unspecified atom stereocenters. The smallest absolute Gasteiger partial charge is 0.308 e. The molecule has 3 heterocycles. The van der Waals surface area contributed by atoms with Crippen LogP contribution in [0.25, 0.3) is 106 Å². The predicted molar refractivity (Wildman–Crippen MR) is 260 cm³/mol. The van der Waals surface area contributed by atoms with Crippen LogP contribution in [0, 0.1) is 6.92 Å². The number of benzene rings is 8. The molecule has 0 bridgehead atoms. The highest BCUT2D eigenvalue weighted by molar-refractivity contribution is 6.11. The lowest BCUT2D eigenvalue weighted by Gasteiger charge is -2.22. The van der Waals surface area contributed by atoms with E-state index in [0.29, 0.717) is 34.3 Å². The molecule has 3 aromatic heterocycles. The fourth-order valence-corrected chi connectivity index (χ4v) is 8.68. The highest BCUT2D eigenvalue weighted by Gasteiger charge is 2.35. The van der Waals surface area contributed by atoms with Gasteiger partial charge in [0.15, 0.2) is 11.6 Å². The van der Waals surface area contributed by atoms with Crippen molar-refractivity contribution >= 4 is 21.8 Å². The average molecular weight is 862 g/mol. The molecule has 0 atom stereocenters. The third-order valence-electron chi connectivity index (χ3n) is 11.9. The van der Waals surface area contributed by atoms with Crippen molar-refractivity contribution in [1.29, 1.82) is 0 Å². The molecule has 0 spiro atoms. The van der Waals surface area contributed by atoms with Crippen LogP contribution >= 0.6 is 0 Å². The number of hydrogen-bond acceptors (Lipinski definition) is 4. The Balaban J connectivity index is 1.31. The second-order valence-corrected chi connectivity index (χ2v) is 16.3. The number of aryl methyl sites for hydroxylation is 1. The van der Waals surface area contributed by atoms with E-state index in [0.717, 1.165) is 60.8 Å². The van der Waals surface area contributed by atoms with Crippen LogP contribution in [-0.2, 0) is 6.18 Å². The zero-order valence-corrected chi connectivity index (χ0v) is 35.6. The van der Waals surface area contributed by atoms with Gasteiger partial charge in [0, 0.05) is 44.2 Å². The Morgan fingerprint density at radius 3 is 1.39 bits per heavy atom. The van der Waals surface area contributed by atoms with Gasteiger partial charge in [-0.1, -0.05) is 181 Å². The van der Waals surface area contributed by atoms with Gasteiger partial charge in [0.25, 0.3) is 0 Å². The summed E-state index contributed by atoms with van der Waals surface area (Å²) in [5, 5.41) is 1.86. The number of halogens is 3. The van der Waals surface area contributed by atoms with Crippen molar-refractivity contribution in [3.8, 4) is 84.6 Å². The molecular formula is C58H38F3N5. The van der Waals surface area contributed by atoms with Crippen molar-refractivity contribution in [3.63, 3.8) is 0 Å². The first-order valence-corrected chi connectivity index (χ1v) is 21.6. The van der Waals surface area contributed by atoms with E-state index in [9.17, 15) is 0 Å². The van der Waals surface area contributed by atoms with Crippen LogP contribution in [0.5, 0.6) is 0 Å². The minimum Gasteiger partial charge on any atom is -0.308 e. The number of rotatable bonds is 8. The monoisotopic (exact) mass is 861 g/mol. The Bertz CT molecular complexity index is 3290. The zero-order valence-electron chi connectivity index (χ0n) is 35.6. The maximum Gasteiger partial charge on any atom is 0.416 e. The second-order valence-electron chi connectivity index (χ2n) is 16.3. The van der Waals surface area contributed by atoms with Crippen molar-refractivity contribution in [2.24, 2.45) is 0 Å². The molecule has 11 rings (SSSR count). The quantitative estimate of drug-likeness (QED) is 0.153. The van der Waals surface area contributed by atoms with Crippen LogP contribution in [0.2, 0.25) is 0 Å². The van der Waals surface area contributed by atoms with Crippen LogP contribution in [0.15, 0.2) is 212 Å². The predicted octanol–water partition coefficient (Wildman–Crippen LogP) is 15.4. The largest absolute Gasteiger partial charge is 0.416 e.